The standard InChI is InChI=1S/C13H15F4NO/c14-11-5-9(4-10(6-11)13(15,16)17)7-18-8-12-2-1-3-19-12/h4-6,12,18H,1-3,7-8H2. The average molecular weight is 277 g/mol. The molecule has 1 unspecified atom stereocenters. The SMILES string of the molecule is Fc1cc(CNCC2CCCO2)cc(C(F)(F)F)c1. The lowest BCUT2D eigenvalue weighted by Gasteiger charge is -2.12. The van der Waals surface area contributed by atoms with Crippen LogP contribution in [-0.2, 0) is 17.5 Å². The highest BCUT2D eigenvalue weighted by atomic mass is 19.4. The summed E-state index contributed by atoms with van der Waals surface area (Å²) in [5.74, 6) is -0.872. The molecule has 6 heteroatoms. The number of nitrogens with one attached hydrogen (secondary N) is 1. The summed E-state index contributed by atoms with van der Waals surface area (Å²) in [6.45, 7) is 1.49. The first kappa shape index (κ1) is 14.3. The predicted octanol–water partition coefficient (Wildman–Crippen LogP) is 3.11. The van der Waals surface area contributed by atoms with Gasteiger partial charge < -0.3 is 10.1 Å². The molecule has 0 spiro atoms. The van der Waals surface area contributed by atoms with Gasteiger partial charge in [0.25, 0.3) is 0 Å². The minimum atomic E-state index is -4.52. The smallest absolute Gasteiger partial charge is 0.377 e. The van der Waals surface area contributed by atoms with Crippen molar-refractivity contribution in [3.8, 4) is 0 Å². The first-order valence-electron chi connectivity index (χ1n) is 6.14. The van der Waals surface area contributed by atoms with Gasteiger partial charge >= 0.3 is 6.18 Å². The molecule has 106 valence electrons. The monoisotopic (exact) mass is 277 g/mol. The van der Waals surface area contributed by atoms with Crippen LogP contribution in [0, 0.1) is 5.82 Å². The van der Waals surface area contributed by atoms with Crippen LogP contribution in [0.4, 0.5) is 17.6 Å². The topological polar surface area (TPSA) is 21.3 Å². The fourth-order valence-corrected chi connectivity index (χ4v) is 2.10. The lowest BCUT2D eigenvalue weighted by Crippen LogP contribution is -2.26. The van der Waals surface area contributed by atoms with Gasteiger partial charge in [0.05, 0.1) is 11.7 Å². The van der Waals surface area contributed by atoms with Crippen molar-refractivity contribution in [1.29, 1.82) is 0 Å². The molecule has 0 aliphatic carbocycles. The van der Waals surface area contributed by atoms with Crippen LogP contribution in [0.15, 0.2) is 18.2 Å². The van der Waals surface area contributed by atoms with Crippen LogP contribution in [-0.4, -0.2) is 19.3 Å². The Kier molecular flexibility index (Phi) is 4.42. The number of alkyl halides is 3. The van der Waals surface area contributed by atoms with Crippen molar-refractivity contribution in [2.45, 2.75) is 31.7 Å². The highest BCUT2D eigenvalue weighted by molar-refractivity contribution is 5.26. The second kappa shape index (κ2) is 5.88. The van der Waals surface area contributed by atoms with Gasteiger partial charge in [-0.3, -0.25) is 0 Å². The number of ether oxygens (including phenoxy) is 1. The van der Waals surface area contributed by atoms with Crippen LogP contribution in [0.2, 0.25) is 0 Å². The van der Waals surface area contributed by atoms with Gasteiger partial charge in [-0.2, -0.15) is 13.2 Å². The summed E-state index contributed by atoms with van der Waals surface area (Å²) in [4.78, 5) is 0. The second-order valence-electron chi connectivity index (χ2n) is 4.61. The van der Waals surface area contributed by atoms with E-state index in [1.807, 2.05) is 0 Å². The Balaban J connectivity index is 1.94. The summed E-state index contributed by atoms with van der Waals surface area (Å²) in [6.07, 6.45) is -2.46. The quantitative estimate of drug-likeness (QED) is 0.854. The molecule has 0 amide bonds. The molecule has 1 N–H and O–H groups in total. The van der Waals surface area contributed by atoms with E-state index in [-0.39, 0.29) is 18.2 Å². The number of hydrogen-bond donors (Lipinski definition) is 1. The highest BCUT2D eigenvalue weighted by Gasteiger charge is 2.31. The van der Waals surface area contributed by atoms with Crippen molar-refractivity contribution in [3.05, 3.63) is 35.1 Å². The minimum absolute atomic E-state index is 0.107. The Morgan fingerprint density at radius 1 is 1.26 bits per heavy atom. The lowest BCUT2D eigenvalue weighted by atomic mass is 10.1. The van der Waals surface area contributed by atoms with E-state index in [0.29, 0.717) is 12.6 Å². The van der Waals surface area contributed by atoms with Gasteiger partial charge in [-0.1, -0.05) is 0 Å². The Hall–Kier alpha value is -1.14. The Morgan fingerprint density at radius 3 is 2.68 bits per heavy atom. The van der Waals surface area contributed by atoms with E-state index in [1.54, 1.807) is 0 Å². The fourth-order valence-electron chi connectivity index (χ4n) is 2.10. The third kappa shape index (κ3) is 4.18. The first-order valence-corrected chi connectivity index (χ1v) is 6.14. The van der Waals surface area contributed by atoms with Crippen LogP contribution in [0.5, 0.6) is 0 Å². The summed E-state index contributed by atoms with van der Waals surface area (Å²) in [5, 5.41) is 2.99. The Morgan fingerprint density at radius 2 is 2.05 bits per heavy atom. The summed E-state index contributed by atoms with van der Waals surface area (Å²) in [5.41, 5.74) is -0.674. The number of rotatable bonds is 4. The molecule has 1 heterocycles. The zero-order valence-electron chi connectivity index (χ0n) is 10.3. The molecule has 1 aromatic carbocycles. The van der Waals surface area contributed by atoms with Gasteiger partial charge in [0.1, 0.15) is 5.82 Å². The van der Waals surface area contributed by atoms with Crippen molar-refractivity contribution < 1.29 is 22.3 Å². The van der Waals surface area contributed by atoms with E-state index in [2.05, 4.69) is 5.32 Å². The maximum atomic E-state index is 13.1. The van der Waals surface area contributed by atoms with Crippen molar-refractivity contribution in [2.24, 2.45) is 0 Å². The van der Waals surface area contributed by atoms with Crippen LogP contribution in [0.25, 0.3) is 0 Å². The average Bonchev–Trinajstić information content (AvgIpc) is 2.80. The maximum absolute atomic E-state index is 13.1. The maximum Gasteiger partial charge on any atom is 0.416 e. The highest BCUT2D eigenvalue weighted by Crippen LogP contribution is 2.30. The van der Waals surface area contributed by atoms with Crippen LogP contribution in [0.3, 0.4) is 0 Å². The van der Waals surface area contributed by atoms with E-state index in [1.165, 1.54) is 0 Å². The van der Waals surface area contributed by atoms with Gasteiger partial charge in [0.2, 0.25) is 0 Å². The molecular formula is C13H15F4NO. The molecule has 19 heavy (non-hydrogen) atoms. The molecule has 0 bridgehead atoms. The third-order valence-electron chi connectivity index (χ3n) is 3.01. The van der Waals surface area contributed by atoms with Crippen molar-refractivity contribution in [1.82, 2.24) is 5.32 Å². The lowest BCUT2D eigenvalue weighted by molar-refractivity contribution is -0.137. The first-order chi connectivity index (χ1) is 8.95. The molecule has 0 saturated carbocycles. The summed E-state index contributed by atoms with van der Waals surface area (Å²) < 4.78 is 56.0. The van der Waals surface area contributed by atoms with Crippen molar-refractivity contribution in [2.75, 3.05) is 13.2 Å². The summed E-state index contributed by atoms with van der Waals surface area (Å²) in [6, 6.07) is 2.58. The zero-order chi connectivity index (χ0) is 13.9. The Labute approximate surface area is 108 Å². The van der Waals surface area contributed by atoms with E-state index in [9.17, 15) is 17.6 Å². The predicted molar refractivity (Wildman–Crippen MR) is 62.1 cm³/mol. The molecule has 1 fully saturated rings. The van der Waals surface area contributed by atoms with Gasteiger partial charge in [0, 0.05) is 19.7 Å². The van der Waals surface area contributed by atoms with E-state index in [4.69, 9.17) is 4.74 Å². The summed E-state index contributed by atoms with van der Waals surface area (Å²) in [7, 11) is 0. The van der Waals surface area contributed by atoms with E-state index in [0.717, 1.165) is 31.6 Å². The largest absolute Gasteiger partial charge is 0.416 e. The van der Waals surface area contributed by atoms with Crippen molar-refractivity contribution >= 4 is 0 Å². The molecular weight excluding hydrogens is 262 g/mol. The number of halogens is 4. The molecule has 2 rings (SSSR count). The third-order valence-corrected chi connectivity index (χ3v) is 3.01. The molecule has 1 saturated heterocycles. The van der Waals surface area contributed by atoms with Crippen molar-refractivity contribution in [3.63, 3.8) is 0 Å². The molecule has 1 aromatic rings. The molecule has 1 aliphatic rings. The summed E-state index contributed by atoms with van der Waals surface area (Å²) >= 11 is 0. The van der Waals surface area contributed by atoms with Crippen LogP contribution < -0.4 is 5.32 Å². The molecule has 0 aromatic heterocycles. The number of hydrogen-bond acceptors (Lipinski definition) is 2. The molecule has 0 radical (unpaired) electrons. The van der Waals surface area contributed by atoms with Crippen LogP contribution in [0.1, 0.15) is 24.0 Å². The van der Waals surface area contributed by atoms with Gasteiger partial charge in [-0.15, -0.1) is 0 Å². The molecule has 1 aliphatic heterocycles. The van der Waals surface area contributed by atoms with E-state index >= 15 is 0 Å². The van der Waals surface area contributed by atoms with Crippen LogP contribution >= 0.6 is 0 Å². The van der Waals surface area contributed by atoms with E-state index < -0.39 is 17.6 Å². The Bertz CT molecular complexity index is 427. The van der Waals surface area contributed by atoms with Gasteiger partial charge in [0.15, 0.2) is 0 Å². The molecule has 1 atom stereocenters. The normalized spacial score (nSPS) is 19.9. The fraction of sp³-hybridized carbons (Fsp3) is 0.538. The molecule has 2 nitrogen and oxygen atoms in total. The zero-order valence-corrected chi connectivity index (χ0v) is 10.3. The van der Waals surface area contributed by atoms with Gasteiger partial charge in [-0.05, 0) is 36.6 Å². The second-order valence-corrected chi connectivity index (χ2v) is 4.61. The van der Waals surface area contributed by atoms with Gasteiger partial charge in [-0.25, -0.2) is 4.39 Å². The number of benzene rings is 1. The minimum Gasteiger partial charge on any atom is -0.377 e.